The summed E-state index contributed by atoms with van der Waals surface area (Å²) in [7, 11) is -2.38. The number of aryl methyl sites for hydroxylation is 1. The van der Waals surface area contributed by atoms with Crippen LogP contribution in [-0.2, 0) is 30.9 Å². The van der Waals surface area contributed by atoms with Gasteiger partial charge in [0.25, 0.3) is 0 Å². The number of rotatable bonds is 9. The molecule has 3 aromatic rings. The second kappa shape index (κ2) is 13.6. The Morgan fingerprint density at radius 2 is 1.53 bits per heavy atom. The van der Waals surface area contributed by atoms with E-state index in [1.165, 1.54) is 47.5 Å². The second-order valence-electron chi connectivity index (χ2n) is 14.1. The second-order valence-corrected chi connectivity index (χ2v) is 20.7. The van der Waals surface area contributed by atoms with Crippen LogP contribution in [0.25, 0.3) is 16.7 Å². The number of amides is 1. The zero-order chi connectivity index (χ0) is 38.8. The zero-order valence-electron chi connectivity index (χ0n) is 30.5. The van der Waals surface area contributed by atoms with Crippen molar-refractivity contribution in [3.63, 3.8) is 0 Å². The summed E-state index contributed by atoms with van der Waals surface area (Å²) < 4.78 is 91.7. The van der Waals surface area contributed by atoms with Crippen molar-refractivity contribution in [2.75, 3.05) is 28.4 Å². The Kier molecular flexibility index (Phi) is 9.73. The molecule has 2 bridgehead atoms. The van der Waals surface area contributed by atoms with Crippen LogP contribution in [0.1, 0.15) is 47.4 Å². The standard InChI is InChI=1S/C38H40F3NO9SSi/c1-19(43)42-26-13-10-22-16-29(48-3)36(49-4)37(50-5)31(22)32-25-18-28(47-2)35(44)33(34(26)32)24-15-20(9-12-23(24)25)21-11-14-27(30(17-21)53(6,7)8)51-52(45,46)38(39,40)41/h9,11-12,14-18,25-26,33H,10,13H2,1-8H3,(H,42,43). The Morgan fingerprint density at radius 1 is 0.868 bits per heavy atom. The number of methoxy groups -OCH3 is 4. The molecule has 0 fully saturated rings. The molecule has 3 unspecified atom stereocenters. The topological polar surface area (TPSA) is 126 Å². The number of nitrogens with one attached hydrogen (secondary N) is 1. The molecule has 0 heterocycles. The van der Waals surface area contributed by atoms with Crippen molar-refractivity contribution in [2.45, 2.75) is 62.8 Å². The lowest BCUT2D eigenvalue weighted by Crippen LogP contribution is -2.40. The summed E-state index contributed by atoms with van der Waals surface area (Å²) in [5.41, 5.74) is 0.226. The van der Waals surface area contributed by atoms with Gasteiger partial charge in [-0.15, -0.1) is 0 Å². The van der Waals surface area contributed by atoms with E-state index in [0.29, 0.717) is 57.5 Å². The van der Waals surface area contributed by atoms with Gasteiger partial charge in [-0.05, 0) is 81.3 Å². The highest BCUT2D eigenvalue weighted by Crippen LogP contribution is 2.58. The first-order valence-corrected chi connectivity index (χ1v) is 21.7. The minimum absolute atomic E-state index is 0.154. The van der Waals surface area contributed by atoms with Gasteiger partial charge < -0.3 is 28.4 Å². The number of benzene rings is 3. The number of allylic oxidation sites excluding steroid dienone is 3. The first-order valence-electron chi connectivity index (χ1n) is 16.8. The number of carbonyl (C=O) groups is 2. The van der Waals surface area contributed by atoms with Crippen LogP contribution < -0.4 is 28.9 Å². The van der Waals surface area contributed by atoms with Crippen molar-refractivity contribution in [1.82, 2.24) is 5.32 Å². The molecule has 1 amide bonds. The van der Waals surface area contributed by atoms with Crippen LogP contribution in [0.15, 0.2) is 59.9 Å². The summed E-state index contributed by atoms with van der Waals surface area (Å²) >= 11 is 0. The number of fused-ring (bicyclic) bond motifs is 2. The van der Waals surface area contributed by atoms with Gasteiger partial charge >= 0.3 is 15.6 Å². The molecule has 53 heavy (non-hydrogen) atoms. The van der Waals surface area contributed by atoms with E-state index >= 15 is 0 Å². The number of halogens is 3. The normalized spacial score (nSPS) is 19.6. The summed E-state index contributed by atoms with van der Waals surface area (Å²) in [5, 5.41) is 3.47. The van der Waals surface area contributed by atoms with E-state index in [1.807, 2.05) is 43.9 Å². The fourth-order valence-corrected chi connectivity index (χ4v) is 9.73. The third kappa shape index (κ3) is 6.47. The molecule has 7 rings (SSSR count). The predicted octanol–water partition coefficient (Wildman–Crippen LogP) is 6.35. The van der Waals surface area contributed by atoms with E-state index in [-0.39, 0.29) is 23.2 Å². The molecule has 3 aromatic carbocycles. The lowest BCUT2D eigenvalue weighted by molar-refractivity contribution is -0.121. The SMILES string of the molecule is COC1=CC2C3=C(C(NC(C)=O)CCc4cc(OC)c(OC)c(OC)c43)C(C1=O)c1cc(-c3ccc(OS(=O)(=O)C(F)(F)F)c([Si](C)(C)C)c3)ccc12. The Hall–Kier alpha value is -4.76. The summed E-state index contributed by atoms with van der Waals surface area (Å²) in [6.07, 6.45) is 2.76. The van der Waals surface area contributed by atoms with Gasteiger partial charge in [-0.25, -0.2) is 0 Å². The van der Waals surface area contributed by atoms with Crippen molar-refractivity contribution in [3.8, 4) is 34.1 Å². The van der Waals surface area contributed by atoms with Crippen LogP contribution in [0, 0.1) is 0 Å². The van der Waals surface area contributed by atoms with Crippen LogP contribution in [0.3, 0.4) is 0 Å². The fourth-order valence-electron chi connectivity index (χ4n) is 7.72. The van der Waals surface area contributed by atoms with E-state index in [9.17, 15) is 31.2 Å². The molecular formula is C38H40F3NO9SSi. The molecule has 1 N–H and O–H groups in total. The van der Waals surface area contributed by atoms with Gasteiger partial charge in [-0.2, -0.15) is 21.6 Å². The Morgan fingerprint density at radius 3 is 2.11 bits per heavy atom. The Bertz CT molecular complexity index is 2210. The minimum atomic E-state index is -5.90. The van der Waals surface area contributed by atoms with Crippen molar-refractivity contribution in [3.05, 3.63) is 82.1 Å². The molecular weight excluding hydrogens is 732 g/mol. The minimum Gasteiger partial charge on any atom is -0.493 e. The molecule has 4 aliphatic carbocycles. The molecule has 0 saturated heterocycles. The van der Waals surface area contributed by atoms with E-state index < -0.39 is 41.6 Å². The lowest BCUT2D eigenvalue weighted by Gasteiger charge is -2.36. The number of Topliss-reactive ketones (excluding diaryl/α,β-unsaturated/α-hetero) is 1. The van der Waals surface area contributed by atoms with Crippen molar-refractivity contribution in [2.24, 2.45) is 0 Å². The summed E-state index contributed by atoms with van der Waals surface area (Å²) in [5.74, 6) is -0.959. The first kappa shape index (κ1) is 38.0. The fraction of sp³-hybridized carbons (Fsp3) is 0.368. The van der Waals surface area contributed by atoms with Crippen LogP contribution in [0.2, 0.25) is 19.6 Å². The summed E-state index contributed by atoms with van der Waals surface area (Å²) in [6, 6.07) is 11.4. The van der Waals surface area contributed by atoms with Gasteiger partial charge in [-0.3, -0.25) is 9.59 Å². The molecule has 3 atom stereocenters. The van der Waals surface area contributed by atoms with Crippen molar-refractivity contribution in [1.29, 1.82) is 0 Å². The Labute approximate surface area is 307 Å². The third-order valence-electron chi connectivity index (χ3n) is 9.95. The van der Waals surface area contributed by atoms with Crippen LogP contribution >= 0.6 is 0 Å². The third-order valence-corrected chi connectivity index (χ3v) is 12.9. The molecule has 15 heteroatoms. The first-order chi connectivity index (χ1) is 24.9. The van der Waals surface area contributed by atoms with Gasteiger partial charge in [0.2, 0.25) is 17.4 Å². The molecule has 0 aliphatic heterocycles. The van der Waals surface area contributed by atoms with E-state index in [2.05, 4.69) is 9.50 Å². The zero-order valence-corrected chi connectivity index (χ0v) is 32.3. The quantitative estimate of drug-likeness (QED) is 0.151. The molecule has 0 aromatic heterocycles. The van der Waals surface area contributed by atoms with Gasteiger partial charge in [-0.1, -0.05) is 43.9 Å². The monoisotopic (exact) mass is 771 g/mol. The van der Waals surface area contributed by atoms with Crippen LogP contribution in [0.4, 0.5) is 13.2 Å². The number of hydrogen-bond acceptors (Lipinski definition) is 9. The Balaban J connectivity index is 1.60. The number of ketones is 1. The molecule has 4 aliphatic rings. The average Bonchev–Trinajstić information content (AvgIpc) is 3.38. The molecule has 0 spiro atoms. The lowest BCUT2D eigenvalue weighted by atomic mass is 9.68. The maximum absolute atomic E-state index is 14.6. The molecule has 10 nitrogen and oxygen atoms in total. The number of ether oxygens (including phenoxy) is 4. The van der Waals surface area contributed by atoms with Gasteiger partial charge in [0.1, 0.15) is 5.75 Å². The molecule has 0 radical (unpaired) electrons. The van der Waals surface area contributed by atoms with E-state index in [0.717, 1.165) is 22.3 Å². The molecule has 282 valence electrons. The highest BCUT2D eigenvalue weighted by Gasteiger charge is 2.50. The van der Waals surface area contributed by atoms with Gasteiger partial charge in [0.15, 0.2) is 17.3 Å². The summed E-state index contributed by atoms with van der Waals surface area (Å²) in [6.45, 7) is 7.02. The maximum atomic E-state index is 14.6. The molecule has 0 saturated carbocycles. The number of hydrogen-bond donors (Lipinski definition) is 1. The summed E-state index contributed by atoms with van der Waals surface area (Å²) in [4.78, 5) is 27.3. The van der Waals surface area contributed by atoms with E-state index in [4.69, 9.17) is 18.9 Å². The van der Waals surface area contributed by atoms with Gasteiger partial charge in [0.05, 0.1) is 48.5 Å². The van der Waals surface area contributed by atoms with Crippen molar-refractivity contribution < 1.29 is 54.3 Å². The van der Waals surface area contributed by atoms with Crippen molar-refractivity contribution >= 4 is 40.6 Å². The van der Waals surface area contributed by atoms with Crippen LogP contribution in [-0.4, -0.2) is 68.2 Å². The average molecular weight is 772 g/mol. The largest absolute Gasteiger partial charge is 0.534 e. The number of carbonyl (C=O) groups excluding carboxylic acids is 2. The highest BCUT2D eigenvalue weighted by molar-refractivity contribution is 7.88. The number of alkyl halides is 3. The van der Waals surface area contributed by atoms with Gasteiger partial charge in [0, 0.05) is 18.4 Å². The van der Waals surface area contributed by atoms with E-state index in [1.54, 1.807) is 12.1 Å². The smallest absolute Gasteiger partial charge is 0.493 e. The maximum Gasteiger partial charge on any atom is 0.534 e. The highest BCUT2D eigenvalue weighted by atomic mass is 32.2. The van der Waals surface area contributed by atoms with Crippen LogP contribution in [0.5, 0.6) is 23.0 Å². The predicted molar refractivity (Wildman–Crippen MR) is 195 cm³/mol.